The molecule has 1 rings (SSSR count). The van der Waals surface area contributed by atoms with Crippen LogP contribution in [0.3, 0.4) is 0 Å². The molecule has 2 heteroatoms. The van der Waals surface area contributed by atoms with E-state index in [-0.39, 0.29) is 0 Å². The van der Waals surface area contributed by atoms with Crippen molar-refractivity contribution in [1.29, 1.82) is 0 Å². The van der Waals surface area contributed by atoms with Crippen molar-refractivity contribution in [2.24, 2.45) is 0 Å². The summed E-state index contributed by atoms with van der Waals surface area (Å²) in [6.45, 7) is 2.11. The fourth-order valence-corrected chi connectivity index (χ4v) is 0.713. The third-order valence-corrected chi connectivity index (χ3v) is 1.21. The minimum atomic E-state index is 1.03. The summed E-state index contributed by atoms with van der Waals surface area (Å²) in [7, 11) is 1.80. The van der Waals surface area contributed by atoms with Crippen LogP contribution in [0.4, 0.5) is 0 Å². The van der Waals surface area contributed by atoms with Gasteiger partial charge in [0.05, 0.1) is 0 Å². The Kier molecular flexibility index (Phi) is 2.87. The van der Waals surface area contributed by atoms with E-state index in [1.165, 1.54) is 0 Å². The second kappa shape index (κ2) is 3.99. The molecule has 0 spiro atoms. The first-order valence-electron chi connectivity index (χ1n) is 3.51. The van der Waals surface area contributed by atoms with E-state index in [4.69, 9.17) is 0 Å². The van der Waals surface area contributed by atoms with E-state index in [0.717, 1.165) is 12.1 Å². The molecule has 0 radical (unpaired) electrons. The Morgan fingerprint density at radius 2 is 2.60 bits per heavy atom. The van der Waals surface area contributed by atoms with Gasteiger partial charge in [0.15, 0.2) is 0 Å². The number of rotatable bonds is 2. The summed E-state index contributed by atoms with van der Waals surface area (Å²) in [5, 5.41) is 0. The number of hydrogen-bond donors (Lipinski definition) is 0. The Morgan fingerprint density at radius 3 is 3.20 bits per heavy atom. The van der Waals surface area contributed by atoms with Gasteiger partial charge in [0.1, 0.15) is 0 Å². The zero-order chi connectivity index (χ0) is 7.23. The van der Waals surface area contributed by atoms with Crippen molar-refractivity contribution >= 4 is 13.1 Å². The van der Waals surface area contributed by atoms with Gasteiger partial charge in [0.25, 0.3) is 0 Å². The number of allylic oxidation sites excluding steroid dienone is 1. The van der Waals surface area contributed by atoms with E-state index in [0.29, 0.717) is 0 Å². The predicted octanol–water partition coefficient (Wildman–Crippen LogP) is 1.84. The summed E-state index contributed by atoms with van der Waals surface area (Å²) in [5.74, 6) is 1.92. The van der Waals surface area contributed by atoms with Gasteiger partial charge >= 0.3 is 61.2 Å². The van der Waals surface area contributed by atoms with Gasteiger partial charge in [0, 0.05) is 0 Å². The molecule has 10 heavy (non-hydrogen) atoms. The molecule has 50 valence electrons. The molecule has 1 nitrogen and oxygen atoms in total. The summed E-state index contributed by atoms with van der Waals surface area (Å²) in [6, 6.07) is 3.98. The molecule has 1 aromatic rings. The number of aromatic nitrogens is 1. The normalized spacial score (nSPS) is 10.1. The first kappa shape index (κ1) is 7.20. The van der Waals surface area contributed by atoms with Crippen LogP contribution in [-0.2, 0) is 0 Å². The molecular weight excluding hydrogens is 121 g/mol. The van der Waals surface area contributed by atoms with E-state index in [1.807, 2.05) is 24.2 Å². The van der Waals surface area contributed by atoms with Crippen LogP contribution in [-0.4, -0.2) is 11.9 Å². The Balaban J connectivity index is 2.67. The zero-order valence-corrected chi connectivity index (χ0v) is 6.12. The second-order valence-corrected chi connectivity index (χ2v) is 2.07. The molecule has 0 unspecified atom stereocenters. The molecule has 0 aromatic carbocycles. The van der Waals surface area contributed by atoms with Crippen molar-refractivity contribution in [1.82, 2.24) is 4.89 Å². The van der Waals surface area contributed by atoms with Crippen molar-refractivity contribution in [2.75, 3.05) is 0 Å². The van der Waals surface area contributed by atoms with Crippen molar-refractivity contribution in [3.05, 3.63) is 29.9 Å². The quantitative estimate of drug-likeness (QED) is 0.596. The van der Waals surface area contributed by atoms with Crippen LogP contribution < -0.4 is 0 Å². The molecule has 0 amide bonds. The monoisotopic (exact) mass is 131 g/mol. The van der Waals surface area contributed by atoms with E-state index in [1.54, 1.807) is 7.05 Å². The van der Waals surface area contributed by atoms with Crippen LogP contribution in [0.15, 0.2) is 24.2 Å². The maximum atomic E-state index is 4.13. The van der Waals surface area contributed by atoms with Gasteiger partial charge < -0.3 is 0 Å². The summed E-state index contributed by atoms with van der Waals surface area (Å²) < 4.78 is 0. The minimum absolute atomic E-state index is 1.03. The number of nitrogens with zero attached hydrogens (tertiary/aromatic N) is 1. The fraction of sp³-hybridized carbons (Fsp3) is 0.250. The van der Waals surface area contributed by atoms with Crippen molar-refractivity contribution in [3.63, 3.8) is 0 Å². The van der Waals surface area contributed by atoms with Gasteiger partial charge in [-0.3, -0.25) is 0 Å². The molecule has 1 aromatic heterocycles. The van der Waals surface area contributed by atoms with Gasteiger partial charge in [-0.1, -0.05) is 0 Å². The van der Waals surface area contributed by atoms with Crippen molar-refractivity contribution in [3.8, 4) is 0 Å². The van der Waals surface area contributed by atoms with Gasteiger partial charge in [-0.25, -0.2) is 0 Å². The van der Waals surface area contributed by atoms with Gasteiger partial charge in [-0.2, -0.15) is 0 Å². The third kappa shape index (κ3) is 2.13. The number of hydrogen-bond acceptors (Lipinski definition) is 1. The molecule has 1 heterocycles. The Bertz CT molecular complexity index is 206. The Labute approximate surface area is 62.0 Å². The molecule has 0 bridgehead atoms. The molecule has 0 saturated carbocycles. The third-order valence-electron chi connectivity index (χ3n) is 1.21. The first-order valence-corrected chi connectivity index (χ1v) is 3.51. The van der Waals surface area contributed by atoms with E-state index in [9.17, 15) is 0 Å². The molecule has 0 atom stereocenters. The van der Waals surface area contributed by atoms with E-state index < -0.39 is 0 Å². The zero-order valence-electron chi connectivity index (χ0n) is 6.12. The average molecular weight is 131 g/mol. The van der Waals surface area contributed by atoms with Crippen LogP contribution in [0.2, 0.25) is 0 Å². The standard InChI is InChI=1S/C8H10BN/c1-2-3-5-8-6-4-7-9-10-8/h3-7H,2H2,1H3. The van der Waals surface area contributed by atoms with Gasteiger partial charge in [-0.15, -0.1) is 0 Å². The SMILES string of the molecule is CCC=Cc1cccbn1. The van der Waals surface area contributed by atoms with Crippen LogP contribution >= 0.6 is 0 Å². The summed E-state index contributed by atoms with van der Waals surface area (Å²) in [6.07, 6.45) is 5.19. The Morgan fingerprint density at radius 1 is 1.70 bits per heavy atom. The van der Waals surface area contributed by atoms with Gasteiger partial charge in [-0.05, 0) is 0 Å². The van der Waals surface area contributed by atoms with Crippen LogP contribution in [0, 0.1) is 0 Å². The fourth-order valence-electron chi connectivity index (χ4n) is 0.713. The summed E-state index contributed by atoms with van der Waals surface area (Å²) in [4.78, 5) is 4.13. The molecular formula is C8H10BN. The molecule has 0 N–H and O–H groups in total. The molecule has 0 aliphatic rings. The topological polar surface area (TPSA) is 12.9 Å². The van der Waals surface area contributed by atoms with E-state index >= 15 is 0 Å². The molecule has 0 aliphatic carbocycles. The van der Waals surface area contributed by atoms with Crippen molar-refractivity contribution in [2.45, 2.75) is 13.3 Å². The molecule has 0 aliphatic heterocycles. The first-order chi connectivity index (χ1) is 4.93. The predicted molar refractivity (Wildman–Crippen MR) is 44.9 cm³/mol. The molecule has 0 saturated heterocycles. The van der Waals surface area contributed by atoms with Crippen LogP contribution in [0.25, 0.3) is 6.08 Å². The van der Waals surface area contributed by atoms with Gasteiger partial charge in [0.2, 0.25) is 0 Å². The summed E-state index contributed by atoms with van der Waals surface area (Å²) >= 11 is 0. The second-order valence-electron chi connectivity index (χ2n) is 2.07. The van der Waals surface area contributed by atoms with Crippen LogP contribution in [0.5, 0.6) is 0 Å². The van der Waals surface area contributed by atoms with Crippen molar-refractivity contribution < 1.29 is 0 Å². The van der Waals surface area contributed by atoms with Crippen LogP contribution in [0.1, 0.15) is 19.0 Å². The molecule has 0 fully saturated rings. The summed E-state index contributed by atoms with van der Waals surface area (Å²) in [5.41, 5.74) is 1.03. The maximum absolute atomic E-state index is 4.13. The van der Waals surface area contributed by atoms with E-state index in [2.05, 4.69) is 17.9 Å². The Hall–Kier alpha value is -0.915. The average Bonchev–Trinajstić information content (AvgIpc) is 2.03.